The summed E-state index contributed by atoms with van der Waals surface area (Å²) in [5.41, 5.74) is 22.5. The number of anilines is 3. The highest BCUT2D eigenvalue weighted by atomic mass is 16.3. The molecule has 3 heterocycles. The molecule has 3 aliphatic rings. The van der Waals surface area contributed by atoms with E-state index < -0.39 is 0 Å². The van der Waals surface area contributed by atoms with E-state index in [2.05, 4.69) is 192 Å². The number of benzene rings is 8. The Bertz CT molecular complexity index is 3910. The molecule has 5 heteroatoms. The summed E-state index contributed by atoms with van der Waals surface area (Å²) in [6, 6.07) is 54.8. The molecule has 11 aromatic rings. The lowest BCUT2D eigenvalue weighted by atomic mass is 9.72. The minimum absolute atomic E-state index is 0.223. The summed E-state index contributed by atoms with van der Waals surface area (Å²) in [5.74, 6) is 0.616. The second-order valence-electron chi connectivity index (χ2n) is 20.1. The second-order valence-corrected chi connectivity index (χ2v) is 20.1. The zero-order chi connectivity index (χ0) is 44.4. The average molecular weight is 852 g/mol. The van der Waals surface area contributed by atoms with Crippen LogP contribution in [0.25, 0.3) is 88.4 Å². The van der Waals surface area contributed by atoms with Gasteiger partial charge in [0.25, 0.3) is 0 Å². The minimum atomic E-state index is -0.364. The first-order valence-electron chi connectivity index (χ1n) is 23.1. The Hall–Kier alpha value is -7.76. The fraction of sp³-hybridized carbons (Fsp3) is 0.148. The smallest absolute Gasteiger partial charge is 0.234 e. The Morgan fingerprint density at radius 3 is 1.64 bits per heavy atom. The van der Waals surface area contributed by atoms with Gasteiger partial charge in [-0.05, 0) is 115 Å². The minimum Gasteiger partial charge on any atom is -0.455 e. The molecular formula is C61H45N3O2. The molecule has 0 spiro atoms. The van der Waals surface area contributed by atoms with Gasteiger partial charge in [0.1, 0.15) is 22.3 Å². The van der Waals surface area contributed by atoms with Crippen molar-refractivity contribution in [2.24, 2.45) is 0 Å². The quantitative estimate of drug-likeness (QED) is 0.177. The van der Waals surface area contributed by atoms with Crippen LogP contribution in [0.2, 0.25) is 0 Å². The Balaban J connectivity index is 0.980. The van der Waals surface area contributed by atoms with Crippen molar-refractivity contribution >= 4 is 61.2 Å². The lowest BCUT2D eigenvalue weighted by molar-refractivity contribution is 0.600. The molecule has 0 saturated carbocycles. The first kappa shape index (κ1) is 37.6. The first-order chi connectivity index (χ1) is 32.0. The van der Waals surface area contributed by atoms with Crippen molar-refractivity contribution in [1.82, 2.24) is 9.97 Å². The van der Waals surface area contributed by atoms with Crippen LogP contribution in [0.3, 0.4) is 0 Å². The van der Waals surface area contributed by atoms with Crippen LogP contribution in [0.4, 0.5) is 17.3 Å². The third kappa shape index (κ3) is 4.69. The van der Waals surface area contributed by atoms with Crippen LogP contribution in [0.1, 0.15) is 74.9 Å². The highest BCUT2D eigenvalue weighted by molar-refractivity contribution is 6.21. The van der Waals surface area contributed by atoms with Gasteiger partial charge in [-0.15, -0.1) is 0 Å². The fourth-order valence-electron chi connectivity index (χ4n) is 12.5. The maximum atomic E-state index is 7.00. The van der Waals surface area contributed by atoms with Crippen molar-refractivity contribution in [3.63, 3.8) is 0 Å². The van der Waals surface area contributed by atoms with Gasteiger partial charge in [-0.3, -0.25) is 4.90 Å². The van der Waals surface area contributed by atoms with E-state index in [1.807, 2.05) is 18.5 Å². The molecule has 3 aromatic heterocycles. The van der Waals surface area contributed by atoms with Crippen molar-refractivity contribution in [2.75, 3.05) is 4.90 Å². The topological polar surface area (TPSA) is 55.3 Å². The SMILES string of the molecule is CC1(C)c2cc(N(c3ccc4c(c3)C(C)(C)c3c5c(c6c(oc7ccccc76)c3-4)-c3ccccc3C5(C)C)c3ncccn3)ccc2-c2c1cc(-c1ccccc1)c1oc3ccccc3c21. The van der Waals surface area contributed by atoms with Gasteiger partial charge in [-0.1, -0.05) is 145 Å². The van der Waals surface area contributed by atoms with Gasteiger partial charge >= 0.3 is 0 Å². The van der Waals surface area contributed by atoms with Crippen LogP contribution >= 0.6 is 0 Å². The molecule has 0 N–H and O–H groups in total. The first-order valence-corrected chi connectivity index (χ1v) is 23.1. The summed E-state index contributed by atoms with van der Waals surface area (Å²) < 4.78 is 13.8. The fourth-order valence-corrected chi connectivity index (χ4v) is 12.5. The average Bonchev–Trinajstić information content (AvgIpc) is 4.09. The highest BCUT2D eigenvalue weighted by Crippen LogP contribution is 2.64. The number of rotatable bonds is 4. The maximum Gasteiger partial charge on any atom is 0.234 e. The Morgan fingerprint density at radius 1 is 0.409 bits per heavy atom. The predicted octanol–water partition coefficient (Wildman–Crippen LogP) is 16.3. The second kappa shape index (κ2) is 12.7. The summed E-state index contributed by atoms with van der Waals surface area (Å²) in [7, 11) is 0. The van der Waals surface area contributed by atoms with Gasteiger partial charge in [0, 0.05) is 72.7 Å². The molecule has 66 heavy (non-hydrogen) atoms. The van der Waals surface area contributed by atoms with Gasteiger partial charge in [0.2, 0.25) is 5.95 Å². The summed E-state index contributed by atoms with van der Waals surface area (Å²) in [6.45, 7) is 14.3. The molecule has 14 rings (SSSR count). The maximum absolute atomic E-state index is 7.00. The molecule has 8 aromatic carbocycles. The van der Waals surface area contributed by atoms with E-state index in [0.717, 1.165) is 55.6 Å². The van der Waals surface area contributed by atoms with E-state index in [4.69, 9.17) is 18.8 Å². The van der Waals surface area contributed by atoms with Crippen molar-refractivity contribution in [3.05, 3.63) is 197 Å². The molecule has 316 valence electrons. The normalized spacial score (nSPS) is 15.5. The van der Waals surface area contributed by atoms with E-state index >= 15 is 0 Å². The monoisotopic (exact) mass is 851 g/mol. The van der Waals surface area contributed by atoms with Crippen molar-refractivity contribution in [2.45, 2.75) is 57.8 Å². The number of hydrogen-bond acceptors (Lipinski definition) is 5. The molecule has 0 fully saturated rings. The Labute approximate surface area is 383 Å². The van der Waals surface area contributed by atoms with Gasteiger partial charge in [-0.25, -0.2) is 9.97 Å². The van der Waals surface area contributed by atoms with Crippen LogP contribution in [0.5, 0.6) is 0 Å². The summed E-state index contributed by atoms with van der Waals surface area (Å²) in [5, 5.41) is 4.67. The van der Waals surface area contributed by atoms with Gasteiger partial charge in [0.05, 0.1) is 0 Å². The molecule has 0 radical (unpaired) electrons. The number of aromatic nitrogens is 2. The third-order valence-electron chi connectivity index (χ3n) is 15.5. The van der Waals surface area contributed by atoms with E-state index in [9.17, 15) is 0 Å². The number of fused-ring (bicyclic) bond motifs is 19. The molecule has 0 bridgehead atoms. The predicted molar refractivity (Wildman–Crippen MR) is 269 cm³/mol. The molecule has 5 nitrogen and oxygen atoms in total. The van der Waals surface area contributed by atoms with Gasteiger partial charge in [0.15, 0.2) is 0 Å². The van der Waals surface area contributed by atoms with E-state index in [0.29, 0.717) is 5.95 Å². The number of nitrogens with zero attached hydrogens (tertiary/aromatic N) is 3. The zero-order valence-electron chi connectivity index (χ0n) is 37.7. The van der Waals surface area contributed by atoms with Crippen LogP contribution in [0, 0.1) is 0 Å². The van der Waals surface area contributed by atoms with E-state index in [1.54, 1.807) is 0 Å². The number of para-hydroxylation sites is 2. The third-order valence-corrected chi connectivity index (χ3v) is 15.5. The van der Waals surface area contributed by atoms with Crippen LogP contribution in [-0.4, -0.2) is 9.97 Å². The number of furan rings is 2. The molecule has 0 unspecified atom stereocenters. The molecular weight excluding hydrogens is 807 g/mol. The Morgan fingerprint density at radius 2 is 0.939 bits per heavy atom. The van der Waals surface area contributed by atoms with Crippen LogP contribution in [-0.2, 0) is 16.2 Å². The zero-order valence-corrected chi connectivity index (χ0v) is 37.7. The summed E-state index contributed by atoms with van der Waals surface area (Å²) in [6.07, 6.45) is 3.67. The summed E-state index contributed by atoms with van der Waals surface area (Å²) >= 11 is 0. The van der Waals surface area contributed by atoms with Crippen molar-refractivity contribution in [1.29, 1.82) is 0 Å². The molecule has 3 aliphatic carbocycles. The summed E-state index contributed by atoms with van der Waals surface area (Å²) in [4.78, 5) is 12.1. The Kier molecular flexibility index (Phi) is 7.25. The number of hydrogen-bond donors (Lipinski definition) is 0. The van der Waals surface area contributed by atoms with Crippen LogP contribution < -0.4 is 4.90 Å². The molecule has 0 saturated heterocycles. The molecule has 0 atom stereocenters. The highest BCUT2D eigenvalue weighted by Gasteiger charge is 2.49. The molecule has 0 aliphatic heterocycles. The standard InChI is InChI=1S/C61H45N3O2/c1-59(2)44-31-35(25-27-38(44)49-46(59)33-42(34-17-8-7-9-18-34)56-51(49)40-20-11-14-23-47(40)65-56)64(58-62-29-16-30-63-58)36-26-28-39-45(32-36)61(5,6)55-53(39)57-52(41-21-12-15-24-48(41)66-57)50-37-19-10-13-22-43(37)60(3,4)54(50)55/h7-33H,1-6H3. The lowest BCUT2D eigenvalue weighted by Gasteiger charge is -2.31. The molecule has 0 amide bonds. The largest absolute Gasteiger partial charge is 0.455 e. The van der Waals surface area contributed by atoms with E-state index in [1.165, 1.54) is 77.5 Å². The lowest BCUT2D eigenvalue weighted by Crippen LogP contribution is -2.24. The van der Waals surface area contributed by atoms with Gasteiger partial charge < -0.3 is 8.83 Å². The van der Waals surface area contributed by atoms with Gasteiger partial charge in [-0.2, -0.15) is 0 Å². The van der Waals surface area contributed by atoms with E-state index in [-0.39, 0.29) is 16.2 Å². The van der Waals surface area contributed by atoms with Crippen molar-refractivity contribution < 1.29 is 8.83 Å². The van der Waals surface area contributed by atoms with Crippen molar-refractivity contribution in [3.8, 4) is 44.5 Å². The van der Waals surface area contributed by atoms with Crippen LogP contribution in [0.15, 0.2) is 173 Å².